The highest BCUT2D eigenvalue weighted by Crippen LogP contribution is 2.40. The molecule has 13 rings (SSSR count). The van der Waals surface area contributed by atoms with E-state index >= 15 is 0 Å². The molecular formula is C63H52Cl3N13O4. The summed E-state index contributed by atoms with van der Waals surface area (Å²) in [7, 11) is 1.33. The number of fused-ring (bicyclic) bond motifs is 3. The van der Waals surface area contributed by atoms with Crippen LogP contribution < -0.4 is 0 Å². The maximum atomic E-state index is 12.5. The second-order valence-corrected chi connectivity index (χ2v) is 21.2. The number of methoxy groups -OCH3 is 1. The van der Waals surface area contributed by atoms with Crippen LogP contribution in [0.5, 0.6) is 0 Å². The minimum atomic E-state index is -0.945. The quantitative estimate of drug-likeness (QED) is 0.114. The fourth-order valence-corrected chi connectivity index (χ4v) is 10.4. The van der Waals surface area contributed by atoms with Gasteiger partial charge in [0.05, 0.1) is 50.5 Å². The lowest BCUT2D eigenvalue weighted by atomic mass is 10.1. The molecule has 0 atom stereocenters. The van der Waals surface area contributed by atoms with Crippen LogP contribution in [-0.4, -0.2) is 108 Å². The van der Waals surface area contributed by atoms with Crippen molar-refractivity contribution < 1.29 is 19.4 Å². The maximum absolute atomic E-state index is 12.5. The largest absolute Gasteiger partial charge is 0.468 e. The second kappa shape index (κ2) is 24.4. The van der Waals surface area contributed by atoms with E-state index in [9.17, 15) is 14.7 Å². The van der Waals surface area contributed by atoms with Crippen LogP contribution in [0, 0.1) is 0 Å². The monoisotopic (exact) mass is 1160 g/mol. The predicted octanol–water partition coefficient (Wildman–Crippen LogP) is 12.6. The van der Waals surface area contributed by atoms with Crippen molar-refractivity contribution in [1.29, 1.82) is 0 Å². The Balaban J connectivity index is 0.000000130. The molecule has 12 aromatic rings. The minimum Gasteiger partial charge on any atom is -0.468 e. The molecule has 1 N–H and O–H groups in total. The first-order chi connectivity index (χ1) is 40.3. The Hall–Kier alpha value is -9.26. The Morgan fingerprint density at radius 2 is 0.735 bits per heavy atom. The van der Waals surface area contributed by atoms with Crippen molar-refractivity contribution >= 4 is 79.8 Å². The smallest absolute Gasteiger partial charge is 0.327 e. The number of nitrogens with zero attached hydrogens (tertiary/aromatic N) is 13. The Kier molecular flexibility index (Phi) is 16.4. The van der Waals surface area contributed by atoms with E-state index in [4.69, 9.17) is 49.7 Å². The zero-order valence-electron chi connectivity index (χ0n) is 45.2. The molecule has 6 aromatic carbocycles. The van der Waals surface area contributed by atoms with Crippen LogP contribution in [0.15, 0.2) is 182 Å². The summed E-state index contributed by atoms with van der Waals surface area (Å²) in [6, 6.07) is 58.3. The van der Waals surface area contributed by atoms with Crippen molar-refractivity contribution in [2.75, 3.05) is 20.2 Å². The number of likely N-dealkylation sites (tertiary alicyclic amines) is 1. The predicted molar refractivity (Wildman–Crippen MR) is 323 cm³/mol. The zero-order valence-corrected chi connectivity index (χ0v) is 47.5. The van der Waals surface area contributed by atoms with Crippen molar-refractivity contribution in [3.8, 4) is 67.5 Å². The van der Waals surface area contributed by atoms with Crippen molar-refractivity contribution in [1.82, 2.24) is 64.8 Å². The van der Waals surface area contributed by atoms with Gasteiger partial charge in [-0.1, -0.05) is 217 Å². The highest BCUT2D eigenvalue weighted by molar-refractivity contribution is 6.40. The number of hydrogen-bond acceptors (Lipinski definition) is 13. The van der Waals surface area contributed by atoms with E-state index in [2.05, 4.69) is 35.7 Å². The van der Waals surface area contributed by atoms with Gasteiger partial charge in [-0.2, -0.15) is 15.3 Å². The number of hydrogen-bond donors (Lipinski definition) is 1. The molecule has 17 nitrogen and oxygen atoms in total. The van der Waals surface area contributed by atoms with E-state index in [0.717, 1.165) is 64.0 Å². The van der Waals surface area contributed by atoms with Gasteiger partial charge in [-0.05, 0) is 20.3 Å². The molecule has 6 aromatic heterocycles. The number of carbonyl (C=O) groups excluding carboxylic acids is 2. The van der Waals surface area contributed by atoms with Crippen LogP contribution >= 0.6 is 34.8 Å². The molecule has 414 valence electrons. The molecule has 1 saturated heterocycles. The summed E-state index contributed by atoms with van der Waals surface area (Å²) in [6.45, 7) is 5.40. The SMILES string of the molecule is CC(C)(O)Cn1nc(-c2ccccc2)c2c(Cl)c(-c3ccccc3)nnc21.COC(=O)Cn1nc(-c2ccccc2)c2c(Cl)c(-c3ccccc3)nnc21.O=C(Cn1nc(-c2ccccc2)c2c(Cl)c(-c3ccccc3)nnc21)N1CCC1. The minimum absolute atomic E-state index is 0.0327. The van der Waals surface area contributed by atoms with Gasteiger partial charge < -0.3 is 14.7 Å². The number of aromatic nitrogens is 12. The molecule has 0 saturated carbocycles. The standard InChI is InChI=1S/C22H18ClN5O.C21H19ClN4O.C20H15ClN4O2/c23-19-18-20(15-8-3-1-4-9-15)26-28(14-17(29)27-12-7-13-27)22(18)25-24-21(19)16-10-5-2-6-11-16;1-21(2,27)13-26-20-16(18(25-26)14-9-5-3-6-10-14)17(22)19(23-24-20)15-11-7-4-8-12-15;1-27-15(26)12-25-20-16(18(24-25)13-8-4-2-5-9-13)17(21)19(22-23-20)14-10-6-3-7-11-14/h1-6,8-11H,7,12-14H2;3-12,27H,13H2,1-2H3;2-11H,12H2,1H3. The van der Waals surface area contributed by atoms with Crippen LogP contribution in [-0.2, 0) is 34.0 Å². The first-order valence-corrected chi connectivity index (χ1v) is 27.7. The third kappa shape index (κ3) is 11.9. The number of carbonyl (C=O) groups is 2. The van der Waals surface area contributed by atoms with Crippen molar-refractivity contribution in [2.24, 2.45) is 0 Å². The third-order valence-corrected chi connectivity index (χ3v) is 14.7. The molecule has 20 heteroatoms. The van der Waals surface area contributed by atoms with Gasteiger partial charge in [-0.15, -0.1) is 30.6 Å². The Morgan fingerprint density at radius 3 is 1.02 bits per heavy atom. The first-order valence-electron chi connectivity index (χ1n) is 26.5. The summed E-state index contributed by atoms with van der Waals surface area (Å²) in [5, 5.41) is 53.9. The van der Waals surface area contributed by atoms with E-state index in [1.165, 1.54) is 11.8 Å². The van der Waals surface area contributed by atoms with Gasteiger partial charge in [-0.25, -0.2) is 14.0 Å². The molecule has 0 radical (unpaired) electrons. The van der Waals surface area contributed by atoms with Gasteiger partial charge >= 0.3 is 5.97 Å². The number of benzene rings is 6. The molecular weight excluding hydrogens is 1110 g/mol. The van der Waals surface area contributed by atoms with Crippen LogP contribution in [0.1, 0.15) is 20.3 Å². The van der Waals surface area contributed by atoms with Crippen molar-refractivity contribution in [3.63, 3.8) is 0 Å². The fourth-order valence-electron chi connectivity index (χ4n) is 9.46. The number of esters is 1. The molecule has 0 spiro atoms. The maximum Gasteiger partial charge on any atom is 0.327 e. The summed E-state index contributed by atoms with van der Waals surface area (Å²) in [4.78, 5) is 26.1. The molecule has 1 aliphatic heterocycles. The summed E-state index contributed by atoms with van der Waals surface area (Å²) in [6.07, 6.45) is 1.05. The molecule has 83 heavy (non-hydrogen) atoms. The fraction of sp³-hybridized carbons (Fsp3) is 0.159. The van der Waals surface area contributed by atoms with E-state index in [0.29, 0.717) is 71.3 Å². The highest BCUT2D eigenvalue weighted by atomic mass is 35.5. The lowest BCUT2D eigenvalue weighted by Gasteiger charge is -2.30. The molecule has 1 amide bonds. The lowest BCUT2D eigenvalue weighted by Crippen LogP contribution is -2.43. The van der Waals surface area contributed by atoms with E-state index in [1.54, 1.807) is 23.2 Å². The first kappa shape index (κ1) is 55.6. The van der Waals surface area contributed by atoms with Gasteiger partial charge in [0, 0.05) is 46.5 Å². The average molecular weight is 1160 g/mol. The van der Waals surface area contributed by atoms with E-state index < -0.39 is 11.6 Å². The molecule has 0 aliphatic carbocycles. The topological polar surface area (TPSA) is 198 Å². The molecule has 1 aliphatic rings. The normalized spacial score (nSPS) is 12.1. The van der Waals surface area contributed by atoms with Crippen LogP contribution in [0.2, 0.25) is 15.1 Å². The number of ether oxygens (including phenoxy) is 1. The molecule has 0 bridgehead atoms. The molecule has 0 unspecified atom stereocenters. The Labute approximate surface area is 491 Å². The van der Waals surface area contributed by atoms with Gasteiger partial charge in [0.15, 0.2) is 16.9 Å². The Morgan fingerprint density at radius 1 is 0.446 bits per heavy atom. The molecule has 7 heterocycles. The number of halogens is 3. The van der Waals surface area contributed by atoms with Crippen LogP contribution in [0.4, 0.5) is 0 Å². The third-order valence-electron chi connectivity index (χ3n) is 13.6. The lowest BCUT2D eigenvalue weighted by molar-refractivity contribution is -0.141. The van der Waals surface area contributed by atoms with Crippen LogP contribution in [0.3, 0.4) is 0 Å². The zero-order chi connectivity index (χ0) is 57.6. The number of amides is 1. The van der Waals surface area contributed by atoms with E-state index in [1.807, 2.05) is 187 Å². The highest BCUT2D eigenvalue weighted by Gasteiger charge is 2.28. The van der Waals surface area contributed by atoms with Gasteiger partial charge in [0.2, 0.25) is 5.91 Å². The van der Waals surface area contributed by atoms with Gasteiger partial charge in [0.1, 0.15) is 47.3 Å². The summed E-state index contributed by atoms with van der Waals surface area (Å²) < 4.78 is 9.52. The summed E-state index contributed by atoms with van der Waals surface area (Å²) in [5.74, 6) is -0.394. The number of rotatable bonds is 12. The van der Waals surface area contributed by atoms with Gasteiger partial charge in [0.25, 0.3) is 0 Å². The van der Waals surface area contributed by atoms with Gasteiger partial charge in [-0.3, -0.25) is 9.59 Å². The summed E-state index contributed by atoms with van der Waals surface area (Å²) >= 11 is 20.4. The molecule has 1 fully saturated rings. The second-order valence-electron chi connectivity index (χ2n) is 20.0. The van der Waals surface area contributed by atoms with Crippen molar-refractivity contribution in [2.45, 2.75) is 45.5 Å². The average Bonchev–Trinajstić information content (AvgIpc) is 3.02. The van der Waals surface area contributed by atoms with Crippen molar-refractivity contribution in [3.05, 3.63) is 197 Å². The van der Waals surface area contributed by atoms with E-state index in [-0.39, 0.29) is 25.5 Å². The number of aliphatic hydroxyl groups is 1. The van der Waals surface area contributed by atoms with Crippen LogP contribution in [0.25, 0.3) is 101 Å². The Bertz CT molecular complexity index is 4260. The summed E-state index contributed by atoms with van der Waals surface area (Å²) in [5.41, 5.74) is 9.79.